The highest BCUT2D eigenvalue weighted by atomic mass is 32.2. The maximum atomic E-state index is 14.4. The second kappa shape index (κ2) is 8.79. The largest absolute Gasteiger partial charge is 0.414 e. The van der Waals surface area contributed by atoms with Gasteiger partial charge in [0.05, 0.1) is 23.9 Å². The molecule has 1 aromatic carbocycles. The molecular weight excluding hydrogens is 443 g/mol. The van der Waals surface area contributed by atoms with E-state index in [2.05, 4.69) is 10.00 Å². The van der Waals surface area contributed by atoms with E-state index in [-0.39, 0.29) is 28.0 Å². The number of hydrogen-bond acceptors (Lipinski definition) is 8. The minimum atomic E-state index is -2.94. The monoisotopic (exact) mass is 468 g/mol. The van der Waals surface area contributed by atoms with Crippen molar-refractivity contribution in [2.24, 2.45) is 5.92 Å². The van der Waals surface area contributed by atoms with Crippen LogP contribution in [0.1, 0.15) is 29.6 Å². The van der Waals surface area contributed by atoms with Gasteiger partial charge < -0.3 is 9.32 Å². The van der Waals surface area contributed by atoms with Crippen molar-refractivity contribution in [3.63, 3.8) is 0 Å². The van der Waals surface area contributed by atoms with Crippen LogP contribution in [-0.2, 0) is 22.9 Å². The number of benzene rings is 1. The molecule has 31 heavy (non-hydrogen) atoms. The number of hydrogen-bond donors (Lipinski definition) is 0. The van der Waals surface area contributed by atoms with Gasteiger partial charge in [-0.25, -0.2) is 17.5 Å². The highest BCUT2D eigenvalue weighted by molar-refractivity contribution is 7.91. The van der Waals surface area contributed by atoms with E-state index in [4.69, 9.17) is 16.6 Å². The van der Waals surface area contributed by atoms with Crippen molar-refractivity contribution in [3.8, 4) is 0 Å². The molecule has 8 nitrogen and oxygen atoms in total. The Hall–Kier alpha value is -2.11. The fraction of sp³-hybridized carbons (Fsp3) is 0.550. The Morgan fingerprint density at radius 1 is 1.29 bits per heavy atom. The summed E-state index contributed by atoms with van der Waals surface area (Å²) in [5.74, 6) is 0.347. The Kier molecular flexibility index (Phi) is 6.27. The minimum absolute atomic E-state index is 0.0272. The van der Waals surface area contributed by atoms with Crippen molar-refractivity contribution in [3.05, 3.63) is 40.3 Å². The maximum Gasteiger partial charge on any atom is 0.288 e. The number of piperazine rings is 1. The van der Waals surface area contributed by atoms with E-state index in [0.29, 0.717) is 62.8 Å². The summed E-state index contributed by atoms with van der Waals surface area (Å²) >= 11 is 5.28. The van der Waals surface area contributed by atoms with Crippen LogP contribution in [0, 0.1) is 16.6 Å². The molecule has 2 aliphatic rings. The highest BCUT2D eigenvalue weighted by Gasteiger charge is 2.29. The van der Waals surface area contributed by atoms with E-state index in [0.717, 1.165) is 0 Å². The summed E-state index contributed by atoms with van der Waals surface area (Å²) in [4.78, 5) is 15.8. The van der Waals surface area contributed by atoms with E-state index in [1.165, 1.54) is 13.0 Å². The minimum Gasteiger partial charge on any atom is -0.414 e. The first-order valence-corrected chi connectivity index (χ1v) is 12.5. The Morgan fingerprint density at radius 3 is 2.65 bits per heavy atom. The summed E-state index contributed by atoms with van der Waals surface area (Å²) in [7, 11) is -2.94. The fourth-order valence-electron chi connectivity index (χ4n) is 4.10. The van der Waals surface area contributed by atoms with Crippen LogP contribution in [0.15, 0.2) is 22.6 Å². The van der Waals surface area contributed by atoms with E-state index in [1.54, 1.807) is 16.8 Å². The van der Waals surface area contributed by atoms with Gasteiger partial charge in [-0.05, 0) is 49.7 Å². The van der Waals surface area contributed by atoms with Crippen LogP contribution < -0.4 is 4.90 Å². The van der Waals surface area contributed by atoms with Crippen molar-refractivity contribution in [2.75, 3.05) is 42.6 Å². The molecule has 0 radical (unpaired) electrons. The van der Waals surface area contributed by atoms with E-state index in [1.807, 2.05) is 4.90 Å². The fourth-order valence-corrected chi connectivity index (χ4v) is 6.16. The number of nitrogens with zero attached hydrogens (tertiary/aromatic N) is 4. The Bertz CT molecular complexity index is 1140. The molecule has 0 saturated carbocycles. The molecule has 2 fully saturated rings. The van der Waals surface area contributed by atoms with Crippen LogP contribution in [0.2, 0.25) is 0 Å². The van der Waals surface area contributed by atoms with Gasteiger partial charge in [0, 0.05) is 38.2 Å². The lowest BCUT2D eigenvalue weighted by Gasteiger charge is -2.35. The second-order valence-corrected chi connectivity index (χ2v) is 10.8. The molecule has 0 spiro atoms. The smallest absolute Gasteiger partial charge is 0.288 e. The van der Waals surface area contributed by atoms with Gasteiger partial charge in [0.25, 0.3) is 4.84 Å². The van der Waals surface area contributed by atoms with Crippen molar-refractivity contribution in [1.29, 1.82) is 0 Å². The van der Waals surface area contributed by atoms with Crippen LogP contribution in [0.5, 0.6) is 0 Å². The third-order valence-electron chi connectivity index (χ3n) is 5.84. The predicted molar refractivity (Wildman–Crippen MR) is 116 cm³/mol. The van der Waals surface area contributed by atoms with Crippen LogP contribution in [0.4, 0.5) is 10.1 Å². The van der Waals surface area contributed by atoms with Crippen LogP contribution in [0.3, 0.4) is 0 Å². The SMILES string of the molecule is CC(=O)c1ccc(N2CCN(Cn3nc(CC4CCS(=O)(=O)C4)oc3=S)CC2)c(F)c1. The average Bonchev–Trinajstić information content (AvgIpc) is 3.23. The molecule has 0 aliphatic carbocycles. The standard InChI is InChI=1S/C20H25FN4O4S2/c1-14(26)16-2-3-18(17(21)11-16)24-7-5-23(6-8-24)13-25-20(30)29-19(22-25)10-15-4-9-31(27,28)12-15/h2-3,11,15H,4-10,12-13H2,1H3. The molecule has 11 heteroatoms. The predicted octanol–water partition coefficient (Wildman–Crippen LogP) is 2.30. The Balaban J connectivity index is 1.34. The lowest BCUT2D eigenvalue weighted by Crippen LogP contribution is -2.47. The lowest BCUT2D eigenvalue weighted by atomic mass is 10.1. The number of carbonyl (C=O) groups is 1. The summed E-state index contributed by atoms with van der Waals surface area (Å²) in [6.07, 6.45) is 1.10. The zero-order valence-corrected chi connectivity index (χ0v) is 18.9. The van der Waals surface area contributed by atoms with Crippen molar-refractivity contribution in [1.82, 2.24) is 14.7 Å². The summed E-state index contributed by atoms with van der Waals surface area (Å²) in [5.41, 5.74) is 0.864. The topological polar surface area (TPSA) is 88.7 Å². The van der Waals surface area contributed by atoms with E-state index >= 15 is 0 Å². The van der Waals surface area contributed by atoms with Gasteiger partial charge in [0.15, 0.2) is 15.6 Å². The molecule has 168 valence electrons. The molecule has 2 aliphatic heterocycles. The van der Waals surface area contributed by atoms with Crippen LogP contribution in [0.25, 0.3) is 0 Å². The van der Waals surface area contributed by atoms with Crippen LogP contribution >= 0.6 is 12.2 Å². The first kappa shape index (κ1) is 22.1. The number of ketones is 1. The van der Waals surface area contributed by atoms with Crippen LogP contribution in [-0.4, -0.2) is 66.6 Å². The van der Waals surface area contributed by atoms with Gasteiger partial charge >= 0.3 is 0 Å². The third-order valence-corrected chi connectivity index (χ3v) is 7.97. The van der Waals surface area contributed by atoms with E-state index < -0.39 is 15.7 Å². The summed E-state index contributed by atoms with van der Waals surface area (Å²) in [5, 5.41) is 4.44. The first-order chi connectivity index (χ1) is 14.7. The molecule has 4 rings (SSSR count). The summed E-state index contributed by atoms with van der Waals surface area (Å²) < 4.78 is 44.9. The summed E-state index contributed by atoms with van der Waals surface area (Å²) in [6, 6.07) is 4.60. The van der Waals surface area contributed by atoms with Gasteiger partial charge in [-0.1, -0.05) is 0 Å². The molecule has 0 bridgehead atoms. The number of halogens is 1. The van der Waals surface area contributed by atoms with Crippen molar-refractivity contribution < 1.29 is 22.0 Å². The Morgan fingerprint density at radius 2 is 2.03 bits per heavy atom. The second-order valence-electron chi connectivity index (χ2n) is 8.20. The number of Topliss-reactive ketones (excluding diaryl/α,β-unsaturated/α-hetero) is 1. The molecule has 1 unspecified atom stereocenters. The normalized spacial score (nSPS) is 21.5. The Labute approximate surface area is 185 Å². The number of rotatable bonds is 6. The lowest BCUT2D eigenvalue weighted by molar-refractivity contribution is 0.101. The zero-order chi connectivity index (χ0) is 22.2. The van der Waals surface area contributed by atoms with E-state index in [9.17, 15) is 17.6 Å². The highest BCUT2D eigenvalue weighted by Crippen LogP contribution is 2.24. The molecular formula is C20H25FN4O4S2. The van der Waals surface area contributed by atoms with Gasteiger partial charge in [0.2, 0.25) is 5.89 Å². The molecule has 1 aromatic heterocycles. The summed E-state index contributed by atoms with van der Waals surface area (Å²) in [6.45, 7) is 4.54. The van der Waals surface area contributed by atoms with Crippen molar-refractivity contribution in [2.45, 2.75) is 26.4 Å². The number of carbonyl (C=O) groups excluding carboxylic acids is 1. The number of anilines is 1. The molecule has 0 amide bonds. The molecule has 2 aromatic rings. The number of aromatic nitrogens is 2. The molecule has 2 saturated heterocycles. The number of sulfone groups is 1. The molecule has 3 heterocycles. The quantitative estimate of drug-likeness (QED) is 0.471. The molecule has 1 atom stereocenters. The van der Waals surface area contributed by atoms with Gasteiger partial charge in [0.1, 0.15) is 5.82 Å². The van der Waals surface area contributed by atoms with Gasteiger partial charge in [-0.3, -0.25) is 9.69 Å². The maximum absolute atomic E-state index is 14.4. The average molecular weight is 469 g/mol. The zero-order valence-electron chi connectivity index (χ0n) is 17.3. The van der Waals surface area contributed by atoms with Gasteiger partial charge in [-0.2, -0.15) is 0 Å². The third kappa shape index (κ3) is 5.21. The molecule has 0 N–H and O–H groups in total. The van der Waals surface area contributed by atoms with Gasteiger partial charge in [-0.15, -0.1) is 5.10 Å². The van der Waals surface area contributed by atoms with Crippen molar-refractivity contribution >= 4 is 33.5 Å². The first-order valence-electron chi connectivity index (χ1n) is 10.3.